The van der Waals surface area contributed by atoms with Gasteiger partial charge in [0, 0.05) is 36.6 Å². The number of aromatic nitrogens is 5. The van der Waals surface area contributed by atoms with E-state index in [2.05, 4.69) is 21.1 Å². The number of hydrogen-bond donors (Lipinski definition) is 0. The van der Waals surface area contributed by atoms with Gasteiger partial charge < -0.3 is 4.74 Å². The van der Waals surface area contributed by atoms with Gasteiger partial charge in [0.15, 0.2) is 11.5 Å². The molecule has 0 N–H and O–H groups in total. The van der Waals surface area contributed by atoms with E-state index in [0.717, 1.165) is 22.4 Å². The Morgan fingerprint density at radius 2 is 1.90 bits per heavy atom. The third-order valence-corrected chi connectivity index (χ3v) is 4.83. The second-order valence-electron chi connectivity index (χ2n) is 7.27. The first-order valence-electron chi connectivity index (χ1n) is 9.21. The van der Waals surface area contributed by atoms with Gasteiger partial charge in [0.2, 0.25) is 5.88 Å². The normalized spacial score (nSPS) is 11.4. The molecule has 0 unspecified atom stereocenters. The Morgan fingerprint density at radius 1 is 1.10 bits per heavy atom. The molecule has 0 saturated heterocycles. The number of ether oxygens (including phenoxy) is 1. The summed E-state index contributed by atoms with van der Waals surface area (Å²) in [6.07, 6.45) is 5.82. The fraction of sp³-hybridized carbons (Fsp3) is 0.227. The molecule has 0 aliphatic carbocycles. The van der Waals surface area contributed by atoms with Crippen LogP contribution in [0, 0.1) is 11.3 Å². The molecule has 0 spiro atoms. The summed E-state index contributed by atoms with van der Waals surface area (Å²) in [4.78, 5) is 13.4. The van der Waals surface area contributed by atoms with E-state index in [0.29, 0.717) is 23.8 Å². The minimum atomic E-state index is -0.535. The first-order chi connectivity index (χ1) is 14.0. The summed E-state index contributed by atoms with van der Waals surface area (Å²) >= 11 is 0. The number of methoxy groups -OCH3 is 1. The third kappa shape index (κ3) is 3.65. The van der Waals surface area contributed by atoms with Gasteiger partial charge in [-0.15, -0.1) is 0 Å². The van der Waals surface area contributed by atoms with Crippen LogP contribution in [0.15, 0.2) is 55.0 Å². The number of benzene rings is 1. The number of fused-ring (bicyclic) bond motifs is 1. The fourth-order valence-electron chi connectivity index (χ4n) is 3.07. The Labute approximate surface area is 168 Å². The van der Waals surface area contributed by atoms with Gasteiger partial charge in [0.1, 0.15) is 5.69 Å². The average Bonchev–Trinajstić information content (AvgIpc) is 3.17. The van der Waals surface area contributed by atoms with Crippen LogP contribution in [0.25, 0.3) is 16.9 Å². The maximum Gasteiger partial charge on any atom is 0.212 e. The molecular weight excluding hydrogens is 364 g/mol. The van der Waals surface area contributed by atoms with Crippen LogP contribution >= 0.6 is 0 Å². The SMILES string of the molecule is COc1ccc(Cc2nc3c(-c4ccc(C(C)(C)C#N)cc4)nccn3n2)cn1. The predicted octanol–water partition coefficient (Wildman–Crippen LogP) is 3.59. The molecule has 4 aromatic rings. The summed E-state index contributed by atoms with van der Waals surface area (Å²) in [7, 11) is 1.59. The average molecular weight is 384 g/mol. The monoisotopic (exact) mass is 384 g/mol. The van der Waals surface area contributed by atoms with Crippen LogP contribution in [0.4, 0.5) is 0 Å². The Morgan fingerprint density at radius 3 is 2.55 bits per heavy atom. The van der Waals surface area contributed by atoms with E-state index in [4.69, 9.17) is 9.72 Å². The summed E-state index contributed by atoms with van der Waals surface area (Å²) in [5, 5.41) is 13.9. The zero-order valence-corrected chi connectivity index (χ0v) is 16.5. The summed E-state index contributed by atoms with van der Waals surface area (Å²) in [6.45, 7) is 3.81. The van der Waals surface area contributed by atoms with Crippen LogP contribution < -0.4 is 4.74 Å². The summed E-state index contributed by atoms with van der Waals surface area (Å²) in [5.41, 5.74) is 3.80. The maximum atomic E-state index is 9.33. The van der Waals surface area contributed by atoms with Gasteiger partial charge in [-0.05, 0) is 25.0 Å². The Kier molecular flexibility index (Phi) is 4.69. The molecule has 7 nitrogen and oxygen atoms in total. The van der Waals surface area contributed by atoms with Crippen molar-refractivity contribution in [3.05, 3.63) is 71.9 Å². The van der Waals surface area contributed by atoms with Gasteiger partial charge in [-0.3, -0.25) is 4.98 Å². The lowest BCUT2D eigenvalue weighted by Crippen LogP contribution is -2.13. The van der Waals surface area contributed by atoms with Crippen LogP contribution in [-0.2, 0) is 11.8 Å². The highest BCUT2D eigenvalue weighted by molar-refractivity contribution is 5.73. The van der Waals surface area contributed by atoms with Crippen LogP contribution in [0.2, 0.25) is 0 Å². The van der Waals surface area contributed by atoms with Crippen molar-refractivity contribution in [1.82, 2.24) is 24.6 Å². The molecule has 4 rings (SSSR count). The molecule has 0 aliphatic heterocycles. The Bertz CT molecular complexity index is 1190. The molecule has 0 amide bonds. The zero-order valence-electron chi connectivity index (χ0n) is 16.5. The number of pyridine rings is 1. The molecule has 0 fully saturated rings. The van der Waals surface area contributed by atoms with E-state index in [-0.39, 0.29) is 0 Å². The molecule has 29 heavy (non-hydrogen) atoms. The second kappa shape index (κ2) is 7.32. The number of nitrogens with zero attached hydrogens (tertiary/aromatic N) is 6. The first-order valence-corrected chi connectivity index (χ1v) is 9.21. The van der Waals surface area contributed by atoms with Crippen molar-refractivity contribution in [2.75, 3.05) is 7.11 Å². The first kappa shape index (κ1) is 18.6. The molecule has 0 radical (unpaired) electrons. The van der Waals surface area contributed by atoms with Crippen molar-refractivity contribution in [3.63, 3.8) is 0 Å². The fourth-order valence-corrected chi connectivity index (χ4v) is 3.07. The van der Waals surface area contributed by atoms with Crippen molar-refractivity contribution in [2.24, 2.45) is 0 Å². The molecule has 7 heteroatoms. The highest BCUT2D eigenvalue weighted by atomic mass is 16.5. The van der Waals surface area contributed by atoms with Crippen molar-refractivity contribution in [1.29, 1.82) is 5.26 Å². The summed E-state index contributed by atoms with van der Waals surface area (Å²) in [5.74, 6) is 1.26. The molecule has 144 valence electrons. The van der Waals surface area contributed by atoms with E-state index in [1.807, 2.05) is 50.2 Å². The lowest BCUT2D eigenvalue weighted by molar-refractivity contribution is 0.397. The number of rotatable bonds is 5. The van der Waals surface area contributed by atoms with Gasteiger partial charge >= 0.3 is 0 Å². The van der Waals surface area contributed by atoms with Crippen molar-refractivity contribution >= 4 is 5.65 Å². The van der Waals surface area contributed by atoms with E-state index in [9.17, 15) is 5.26 Å². The smallest absolute Gasteiger partial charge is 0.212 e. The molecule has 0 bridgehead atoms. The second-order valence-corrected chi connectivity index (χ2v) is 7.27. The van der Waals surface area contributed by atoms with Gasteiger partial charge in [0.05, 0.1) is 18.6 Å². The van der Waals surface area contributed by atoms with Gasteiger partial charge in [-0.25, -0.2) is 14.5 Å². The van der Waals surface area contributed by atoms with E-state index >= 15 is 0 Å². The quantitative estimate of drug-likeness (QED) is 0.522. The summed E-state index contributed by atoms with van der Waals surface area (Å²) in [6, 6.07) is 14.0. The maximum absolute atomic E-state index is 9.33. The third-order valence-electron chi connectivity index (χ3n) is 4.83. The van der Waals surface area contributed by atoms with E-state index < -0.39 is 5.41 Å². The molecule has 0 atom stereocenters. The van der Waals surface area contributed by atoms with Crippen LogP contribution in [-0.4, -0.2) is 31.7 Å². The number of nitriles is 1. The molecular formula is C22H20N6O. The Balaban J connectivity index is 1.66. The van der Waals surface area contributed by atoms with Gasteiger partial charge in [0.25, 0.3) is 0 Å². The van der Waals surface area contributed by atoms with Gasteiger partial charge in [-0.2, -0.15) is 10.4 Å². The van der Waals surface area contributed by atoms with Crippen LogP contribution in [0.3, 0.4) is 0 Å². The lowest BCUT2D eigenvalue weighted by atomic mass is 9.86. The van der Waals surface area contributed by atoms with Crippen LogP contribution in [0.5, 0.6) is 5.88 Å². The van der Waals surface area contributed by atoms with Gasteiger partial charge in [-0.1, -0.05) is 30.3 Å². The molecule has 0 aliphatic rings. The minimum absolute atomic E-state index is 0.535. The number of hydrogen-bond acceptors (Lipinski definition) is 6. The van der Waals surface area contributed by atoms with Crippen LogP contribution in [0.1, 0.15) is 30.8 Å². The highest BCUT2D eigenvalue weighted by Gasteiger charge is 2.20. The predicted molar refractivity (Wildman–Crippen MR) is 108 cm³/mol. The highest BCUT2D eigenvalue weighted by Crippen LogP contribution is 2.27. The topological polar surface area (TPSA) is 89.0 Å². The zero-order chi connectivity index (χ0) is 20.4. The van der Waals surface area contributed by atoms with Crippen molar-refractivity contribution < 1.29 is 4.74 Å². The largest absolute Gasteiger partial charge is 0.481 e. The molecule has 0 saturated carbocycles. The molecule has 3 heterocycles. The molecule has 1 aromatic carbocycles. The Hall–Kier alpha value is -3.79. The van der Waals surface area contributed by atoms with E-state index in [1.54, 1.807) is 30.2 Å². The van der Waals surface area contributed by atoms with Crippen molar-refractivity contribution in [2.45, 2.75) is 25.7 Å². The molecule has 3 aromatic heterocycles. The standard InChI is InChI=1S/C22H20N6O/c1-22(2,14-23)17-7-5-16(6-8-17)20-21-26-18(27-28(21)11-10-24-20)12-15-4-9-19(29-3)25-13-15/h4-11,13H,12H2,1-3H3. The van der Waals surface area contributed by atoms with Crippen molar-refractivity contribution in [3.8, 4) is 23.2 Å². The summed E-state index contributed by atoms with van der Waals surface area (Å²) < 4.78 is 6.83. The lowest BCUT2D eigenvalue weighted by Gasteiger charge is -2.15. The minimum Gasteiger partial charge on any atom is -0.481 e. The van der Waals surface area contributed by atoms with E-state index in [1.165, 1.54) is 0 Å².